The first-order valence-electron chi connectivity index (χ1n) is 14.9. The summed E-state index contributed by atoms with van der Waals surface area (Å²) in [6, 6.07) is 27.6. The van der Waals surface area contributed by atoms with Crippen LogP contribution in [0.2, 0.25) is 0 Å². The van der Waals surface area contributed by atoms with Crippen LogP contribution in [-0.4, -0.2) is 5.11 Å². The highest BCUT2D eigenvalue weighted by Gasteiger charge is 2.49. The molecule has 2 unspecified atom stereocenters. The minimum atomic E-state index is -4.10. The minimum Gasteiger partial charge on any atom is -0.507 e. The van der Waals surface area contributed by atoms with Gasteiger partial charge in [0.25, 0.3) is 0 Å². The van der Waals surface area contributed by atoms with Crippen LogP contribution >= 0.6 is 7.82 Å². The number of phosphoric ester groups is 1. The van der Waals surface area contributed by atoms with Crippen LogP contribution in [0.15, 0.2) is 84.9 Å². The maximum absolute atomic E-state index is 14.5. The molecule has 0 saturated carbocycles. The molecule has 226 valence electrons. The predicted molar refractivity (Wildman–Crippen MR) is 173 cm³/mol. The van der Waals surface area contributed by atoms with Gasteiger partial charge in [0.1, 0.15) is 23.7 Å². The second kappa shape index (κ2) is 11.6. The lowest BCUT2D eigenvalue weighted by Gasteiger charge is -2.27. The van der Waals surface area contributed by atoms with E-state index in [-0.39, 0.29) is 16.6 Å². The maximum atomic E-state index is 14.5. The molecule has 1 saturated heterocycles. The molecule has 0 amide bonds. The van der Waals surface area contributed by atoms with Crippen molar-refractivity contribution >= 4 is 7.82 Å². The first-order valence-corrected chi connectivity index (χ1v) is 16.3. The normalized spacial score (nSPS) is 20.7. The number of hydrogen-bond donors (Lipinski definition) is 1. The number of aromatic hydroxyl groups is 1. The number of phenolic OH excluding ortho intramolecular Hbond substituents is 1. The quantitative estimate of drug-likeness (QED) is 0.224. The van der Waals surface area contributed by atoms with Crippen LogP contribution in [0.5, 0.6) is 11.5 Å². The number of phosphoric acid groups is 1. The van der Waals surface area contributed by atoms with Crippen molar-refractivity contribution in [3.8, 4) is 11.5 Å². The molecular formula is C37H43O5P. The lowest BCUT2D eigenvalue weighted by Crippen LogP contribution is -2.15. The van der Waals surface area contributed by atoms with Crippen LogP contribution in [0.4, 0.5) is 0 Å². The Morgan fingerprint density at radius 2 is 1.14 bits per heavy atom. The van der Waals surface area contributed by atoms with Gasteiger partial charge >= 0.3 is 7.82 Å². The van der Waals surface area contributed by atoms with Crippen molar-refractivity contribution in [2.24, 2.45) is 0 Å². The average Bonchev–Trinajstić information content (AvgIpc) is 3.29. The van der Waals surface area contributed by atoms with Crippen molar-refractivity contribution in [1.82, 2.24) is 0 Å². The van der Waals surface area contributed by atoms with Gasteiger partial charge in [0.15, 0.2) is 0 Å². The average molecular weight is 599 g/mol. The number of hydrogen-bond acceptors (Lipinski definition) is 5. The summed E-state index contributed by atoms with van der Waals surface area (Å²) in [6.45, 7) is 16.7. The summed E-state index contributed by atoms with van der Waals surface area (Å²) in [4.78, 5) is 0. The zero-order valence-corrected chi connectivity index (χ0v) is 27.4. The molecule has 0 spiro atoms. The summed E-state index contributed by atoms with van der Waals surface area (Å²) in [5.41, 5.74) is 6.65. The van der Waals surface area contributed by atoms with Gasteiger partial charge in [-0.05, 0) is 52.5 Å². The van der Waals surface area contributed by atoms with E-state index in [9.17, 15) is 9.67 Å². The summed E-state index contributed by atoms with van der Waals surface area (Å²) in [5, 5.41) is 11.4. The van der Waals surface area contributed by atoms with Crippen LogP contribution in [-0.2, 0) is 30.9 Å². The third-order valence-electron chi connectivity index (χ3n) is 7.86. The minimum absolute atomic E-state index is 0.234. The lowest BCUT2D eigenvalue weighted by atomic mass is 9.81. The standard InChI is InChI=1S/C37H43O5P/c1-24-19-28(32(38)30(21-24)36(3,4)5)23-29-20-25(2)22-31(37(6,7)8)33(29)40-43(39)41-34(26-15-11-9-12-16-26)35(42-43)27-17-13-10-14-18-27/h9-22,34-35,38H,23H2,1-8H3. The molecule has 1 aliphatic rings. The summed E-state index contributed by atoms with van der Waals surface area (Å²) in [7, 11) is -4.10. The highest BCUT2D eigenvalue weighted by molar-refractivity contribution is 7.49. The molecule has 0 aliphatic carbocycles. The van der Waals surface area contributed by atoms with Crippen molar-refractivity contribution in [3.63, 3.8) is 0 Å². The van der Waals surface area contributed by atoms with Gasteiger partial charge in [0.05, 0.1) is 0 Å². The van der Waals surface area contributed by atoms with Gasteiger partial charge in [-0.1, -0.05) is 138 Å². The largest absolute Gasteiger partial charge is 0.531 e. The predicted octanol–water partition coefficient (Wildman–Crippen LogP) is 10.2. The number of benzene rings is 4. The fraction of sp³-hybridized carbons (Fsp3) is 0.351. The molecule has 5 nitrogen and oxygen atoms in total. The van der Waals surface area contributed by atoms with Gasteiger partial charge in [-0.3, -0.25) is 9.05 Å². The number of aryl methyl sites for hydroxylation is 2. The molecule has 2 atom stereocenters. The Hall–Kier alpha value is -3.37. The van der Waals surface area contributed by atoms with Gasteiger partial charge in [0, 0.05) is 12.0 Å². The van der Waals surface area contributed by atoms with Crippen molar-refractivity contribution in [2.75, 3.05) is 0 Å². The first kappa shape index (κ1) is 31.1. The Morgan fingerprint density at radius 1 is 0.698 bits per heavy atom. The van der Waals surface area contributed by atoms with E-state index in [1.165, 1.54) is 0 Å². The van der Waals surface area contributed by atoms with Crippen LogP contribution in [0.1, 0.15) is 98.3 Å². The van der Waals surface area contributed by atoms with Gasteiger partial charge in [-0.25, -0.2) is 4.57 Å². The van der Waals surface area contributed by atoms with E-state index >= 15 is 0 Å². The lowest BCUT2D eigenvalue weighted by molar-refractivity contribution is 0.159. The second-order valence-electron chi connectivity index (χ2n) is 13.7. The zero-order chi connectivity index (χ0) is 31.2. The Bertz CT molecular complexity index is 1600. The first-order chi connectivity index (χ1) is 20.1. The summed E-state index contributed by atoms with van der Waals surface area (Å²) >= 11 is 0. The third kappa shape index (κ3) is 6.75. The Balaban J connectivity index is 1.61. The fourth-order valence-electron chi connectivity index (χ4n) is 5.74. The van der Waals surface area contributed by atoms with Gasteiger partial charge in [0.2, 0.25) is 0 Å². The number of phenols is 1. The van der Waals surface area contributed by atoms with Crippen LogP contribution < -0.4 is 4.52 Å². The third-order valence-corrected chi connectivity index (χ3v) is 9.24. The maximum Gasteiger partial charge on any atom is 0.531 e. The van der Waals surface area contributed by atoms with E-state index in [1.54, 1.807) is 0 Å². The molecule has 1 aliphatic heterocycles. The zero-order valence-electron chi connectivity index (χ0n) is 26.5. The molecule has 6 heteroatoms. The van der Waals surface area contributed by atoms with Crippen molar-refractivity contribution in [1.29, 1.82) is 0 Å². The van der Waals surface area contributed by atoms with E-state index in [0.717, 1.165) is 44.5 Å². The van der Waals surface area contributed by atoms with E-state index in [2.05, 4.69) is 47.6 Å². The van der Waals surface area contributed by atoms with Gasteiger partial charge in [-0.2, -0.15) is 0 Å². The molecule has 1 heterocycles. The molecular weight excluding hydrogens is 555 g/mol. The van der Waals surface area contributed by atoms with Crippen LogP contribution in [0, 0.1) is 13.8 Å². The molecule has 0 radical (unpaired) electrons. The molecule has 0 aromatic heterocycles. The van der Waals surface area contributed by atoms with Crippen molar-refractivity contribution in [2.45, 2.75) is 84.8 Å². The Kier molecular flexibility index (Phi) is 8.39. The SMILES string of the molecule is Cc1cc(Cc2cc(C)cc(C(C)(C)C)c2OP2(=O)OC(c3ccccc3)C(c3ccccc3)O2)c(O)c(C(C)(C)C)c1. The highest BCUT2D eigenvalue weighted by atomic mass is 31.2. The van der Waals surface area contributed by atoms with E-state index in [0.29, 0.717) is 12.2 Å². The summed E-state index contributed by atoms with van der Waals surface area (Å²) in [6.07, 6.45) is -0.839. The molecule has 1 fully saturated rings. The molecule has 4 aromatic carbocycles. The Labute approximate surface area is 256 Å². The van der Waals surface area contributed by atoms with Gasteiger partial charge in [-0.15, -0.1) is 0 Å². The smallest absolute Gasteiger partial charge is 0.507 e. The Morgan fingerprint density at radius 3 is 1.60 bits per heavy atom. The van der Waals surface area contributed by atoms with E-state index in [1.807, 2.05) is 92.7 Å². The summed E-state index contributed by atoms with van der Waals surface area (Å²) < 4.78 is 33.5. The molecule has 43 heavy (non-hydrogen) atoms. The van der Waals surface area contributed by atoms with E-state index < -0.39 is 20.0 Å². The van der Waals surface area contributed by atoms with E-state index in [4.69, 9.17) is 13.6 Å². The van der Waals surface area contributed by atoms with Crippen LogP contribution in [0.3, 0.4) is 0 Å². The molecule has 4 aromatic rings. The van der Waals surface area contributed by atoms with Gasteiger partial charge < -0.3 is 9.63 Å². The van der Waals surface area contributed by atoms with Crippen LogP contribution in [0.25, 0.3) is 0 Å². The summed E-state index contributed by atoms with van der Waals surface area (Å²) in [5.74, 6) is 0.747. The second-order valence-corrected chi connectivity index (χ2v) is 15.2. The molecule has 0 bridgehead atoms. The molecule has 5 rings (SSSR count). The van der Waals surface area contributed by atoms with Crippen molar-refractivity contribution in [3.05, 3.63) is 129 Å². The van der Waals surface area contributed by atoms with Crippen molar-refractivity contribution < 1.29 is 23.2 Å². The highest BCUT2D eigenvalue weighted by Crippen LogP contribution is 2.66. The monoisotopic (exact) mass is 598 g/mol. The molecule has 1 N–H and O–H groups in total. The number of rotatable bonds is 6. The fourth-order valence-corrected chi connectivity index (χ4v) is 7.33. The topological polar surface area (TPSA) is 65.0 Å².